The van der Waals surface area contributed by atoms with Gasteiger partial charge in [0.05, 0.1) is 24.8 Å². The number of rotatable bonds is 9. The third-order valence-corrected chi connectivity index (χ3v) is 7.60. The number of hydrogen-bond acceptors (Lipinski definition) is 6. The molecule has 2 saturated heterocycles. The topological polar surface area (TPSA) is 79.3 Å². The summed E-state index contributed by atoms with van der Waals surface area (Å²) in [6.45, 7) is 8.71. The summed E-state index contributed by atoms with van der Waals surface area (Å²) in [4.78, 5) is 30.6. The number of aliphatic hydroxyl groups is 1. The highest BCUT2D eigenvalue weighted by Gasteiger charge is 2.45. The number of nitrogens with zero attached hydrogens (tertiary/aromatic N) is 2. The quantitative estimate of drug-likeness (QED) is 0.233. The van der Waals surface area contributed by atoms with Gasteiger partial charge in [0.15, 0.2) is 0 Å². The minimum absolute atomic E-state index is 0.123. The van der Waals surface area contributed by atoms with Crippen LogP contribution in [0.3, 0.4) is 0 Å². The Hall–Kier alpha value is -3.94. The van der Waals surface area contributed by atoms with Crippen LogP contribution in [0.25, 0.3) is 5.76 Å². The van der Waals surface area contributed by atoms with Crippen LogP contribution in [-0.2, 0) is 20.9 Å². The van der Waals surface area contributed by atoms with E-state index in [2.05, 4.69) is 4.90 Å². The Labute approximate surface area is 235 Å². The molecule has 1 N–H and O–H groups in total. The molecule has 1 amide bonds. The molecule has 208 valence electrons. The summed E-state index contributed by atoms with van der Waals surface area (Å²) in [5.41, 5.74) is 4.37. The molecule has 7 heteroatoms. The van der Waals surface area contributed by atoms with Crippen LogP contribution in [0.4, 0.5) is 0 Å². The van der Waals surface area contributed by atoms with E-state index in [4.69, 9.17) is 9.47 Å². The average Bonchev–Trinajstić information content (AvgIpc) is 3.22. The number of amides is 1. The van der Waals surface area contributed by atoms with E-state index in [1.54, 1.807) is 23.1 Å². The number of morpholine rings is 1. The lowest BCUT2D eigenvalue weighted by atomic mass is 9.94. The molecule has 2 fully saturated rings. The lowest BCUT2D eigenvalue weighted by molar-refractivity contribution is -0.140. The number of Topliss-reactive ketones (excluding diaryl/α,β-unsaturated/α-hetero) is 1. The van der Waals surface area contributed by atoms with E-state index >= 15 is 0 Å². The Morgan fingerprint density at radius 1 is 0.950 bits per heavy atom. The molecular formula is C33H36N2O5. The third-order valence-electron chi connectivity index (χ3n) is 7.60. The second kappa shape index (κ2) is 12.5. The predicted molar refractivity (Wildman–Crippen MR) is 154 cm³/mol. The Balaban J connectivity index is 1.41. The second-order valence-corrected chi connectivity index (χ2v) is 10.5. The van der Waals surface area contributed by atoms with E-state index in [9.17, 15) is 14.7 Å². The molecule has 2 aliphatic rings. The number of carbonyl (C=O) groups is 2. The van der Waals surface area contributed by atoms with E-state index in [0.29, 0.717) is 37.7 Å². The van der Waals surface area contributed by atoms with Crippen LogP contribution in [0.5, 0.6) is 5.75 Å². The fraction of sp³-hybridized carbons (Fsp3) is 0.333. The zero-order valence-corrected chi connectivity index (χ0v) is 23.1. The van der Waals surface area contributed by atoms with Crippen LogP contribution in [0.15, 0.2) is 78.4 Å². The number of aryl methyl sites for hydroxylation is 2. The summed E-state index contributed by atoms with van der Waals surface area (Å²) in [6, 6.07) is 22.4. The molecular weight excluding hydrogens is 504 g/mol. The Bertz CT molecular complexity index is 1380. The van der Waals surface area contributed by atoms with Crippen molar-refractivity contribution in [3.05, 3.63) is 106 Å². The van der Waals surface area contributed by atoms with Gasteiger partial charge in [-0.3, -0.25) is 14.5 Å². The minimum Gasteiger partial charge on any atom is -0.507 e. The van der Waals surface area contributed by atoms with Crippen LogP contribution in [0.2, 0.25) is 0 Å². The van der Waals surface area contributed by atoms with Crippen LogP contribution in [0.1, 0.15) is 40.3 Å². The van der Waals surface area contributed by atoms with Gasteiger partial charge in [-0.15, -0.1) is 0 Å². The molecule has 0 saturated carbocycles. The summed E-state index contributed by atoms with van der Waals surface area (Å²) in [5.74, 6) is -0.707. The summed E-state index contributed by atoms with van der Waals surface area (Å²) in [7, 11) is 0. The van der Waals surface area contributed by atoms with Gasteiger partial charge in [-0.25, -0.2) is 0 Å². The predicted octanol–water partition coefficient (Wildman–Crippen LogP) is 5.03. The van der Waals surface area contributed by atoms with Crippen molar-refractivity contribution >= 4 is 17.4 Å². The molecule has 2 aliphatic heterocycles. The SMILES string of the molecule is Cc1ccc([C@@H]2/C(=C(\O)c3ccc(OCc4ccccc4)c(C)c3)C(=O)C(=O)N2CCCN2CCOCC2)cc1. The maximum absolute atomic E-state index is 13.4. The number of ether oxygens (including phenoxy) is 2. The molecule has 0 aromatic heterocycles. The first kappa shape index (κ1) is 27.6. The first-order chi connectivity index (χ1) is 19.4. The Morgan fingerprint density at radius 2 is 1.68 bits per heavy atom. The zero-order chi connectivity index (χ0) is 28.1. The van der Waals surface area contributed by atoms with Gasteiger partial charge < -0.3 is 19.5 Å². The first-order valence-corrected chi connectivity index (χ1v) is 13.8. The van der Waals surface area contributed by atoms with Crippen LogP contribution >= 0.6 is 0 Å². The average molecular weight is 541 g/mol. The lowest BCUT2D eigenvalue weighted by Gasteiger charge is -2.29. The molecule has 5 rings (SSSR count). The van der Waals surface area contributed by atoms with Crippen molar-refractivity contribution in [2.24, 2.45) is 0 Å². The molecule has 0 bridgehead atoms. The van der Waals surface area contributed by atoms with Crippen LogP contribution in [0, 0.1) is 13.8 Å². The van der Waals surface area contributed by atoms with Gasteiger partial charge in [0, 0.05) is 31.7 Å². The Kier molecular flexibility index (Phi) is 8.63. The molecule has 2 heterocycles. The molecule has 0 unspecified atom stereocenters. The summed E-state index contributed by atoms with van der Waals surface area (Å²) >= 11 is 0. The first-order valence-electron chi connectivity index (χ1n) is 13.8. The molecule has 1 atom stereocenters. The van der Waals surface area contributed by atoms with Gasteiger partial charge >= 0.3 is 0 Å². The smallest absolute Gasteiger partial charge is 0.295 e. The molecule has 0 spiro atoms. The Morgan fingerprint density at radius 3 is 2.38 bits per heavy atom. The highest BCUT2D eigenvalue weighted by atomic mass is 16.5. The maximum Gasteiger partial charge on any atom is 0.295 e. The van der Waals surface area contributed by atoms with Crippen LogP contribution in [-0.4, -0.2) is 66.0 Å². The van der Waals surface area contributed by atoms with E-state index in [1.165, 1.54) is 0 Å². The van der Waals surface area contributed by atoms with E-state index in [-0.39, 0.29) is 11.3 Å². The van der Waals surface area contributed by atoms with E-state index in [0.717, 1.165) is 48.3 Å². The number of ketones is 1. The summed E-state index contributed by atoms with van der Waals surface area (Å²) in [5, 5.41) is 11.5. The van der Waals surface area contributed by atoms with Crippen molar-refractivity contribution in [1.29, 1.82) is 0 Å². The molecule has 3 aromatic carbocycles. The molecule has 40 heavy (non-hydrogen) atoms. The van der Waals surface area contributed by atoms with Crippen molar-refractivity contribution in [3.63, 3.8) is 0 Å². The fourth-order valence-electron chi connectivity index (χ4n) is 5.34. The van der Waals surface area contributed by atoms with Crippen molar-refractivity contribution in [3.8, 4) is 5.75 Å². The highest BCUT2D eigenvalue weighted by molar-refractivity contribution is 6.46. The van der Waals surface area contributed by atoms with Gasteiger partial charge in [0.1, 0.15) is 18.1 Å². The standard InChI is InChI=1S/C33H36N2O5/c1-23-9-11-26(12-10-23)30-29(32(37)33(38)35(30)16-6-15-34-17-19-39-20-18-34)31(36)27-13-14-28(24(2)21-27)40-22-25-7-4-3-5-8-25/h3-5,7-14,21,30,36H,6,15-20,22H2,1-2H3/b31-29+/t30-/m1/s1. The number of hydrogen-bond donors (Lipinski definition) is 1. The van der Waals surface area contributed by atoms with Crippen molar-refractivity contribution in [2.45, 2.75) is 32.9 Å². The van der Waals surface area contributed by atoms with Crippen molar-refractivity contribution < 1.29 is 24.2 Å². The number of benzene rings is 3. The van der Waals surface area contributed by atoms with E-state index in [1.807, 2.05) is 68.4 Å². The van der Waals surface area contributed by atoms with Crippen molar-refractivity contribution in [1.82, 2.24) is 9.80 Å². The maximum atomic E-state index is 13.4. The normalized spacial score (nSPS) is 19.2. The summed E-state index contributed by atoms with van der Waals surface area (Å²) < 4.78 is 11.4. The second-order valence-electron chi connectivity index (χ2n) is 10.5. The van der Waals surface area contributed by atoms with Gasteiger partial charge in [0.25, 0.3) is 11.7 Å². The molecule has 3 aromatic rings. The van der Waals surface area contributed by atoms with Crippen molar-refractivity contribution in [2.75, 3.05) is 39.4 Å². The molecule has 7 nitrogen and oxygen atoms in total. The van der Waals surface area contributed by atoms with Gasteiger partial charge in [-0.1, -0.05) is 60.2 Å². The summed E-state index contributed by atoms with van der Waals surface area (Å²) in [6.07, 6.45) is 0.724. The fourth-order valence-corrected chi connectivity index (χ4v) is 5.34. The number of aliphatic hydroxyl groups excluding tert-OH is 1. The van der Waals surface area contributed by atoms with E-state index < -0.39 is 17.7 Å². The monoisotopic (exact) mass is 540 g/mol. The zero-order valence-electron chi connectivity index (χ0n) is 23.1. The van der Waals surface area contributed by atoms with Gasteiger partial charge in [-0.05, 0) is 55.2 Å². The van der Waals surface area contributed by atoms with Gasteiger partial charge in [-0.2, -0.15) is 0 Å². The number of carbonyl (C=O) groups excluding carboxylic acids is 2. The minimum atomic E-state index is -0.656. The molecule has 0 aliphatic carbocycles. The largest absolute Gasteiger partial charge is 0.507 e. The van der Waals surface area contributed by atoms with Gasteiger partial charge in [0.2, 0.25) is 0 Å². The number of likely N-dealkylation sites (tertiary alicyclic amines) is 1. The molecule has 0 radical (unpaired) electrons. The highest BCUT2D eigenvalue weighted by Crippen LogP contribution is 2.40. The van der Waals surface area contributed by atoms with Crippen LogP contribution < -0.4 is 4.74 Å². The third kappa shape index (κ3) is 6.11. The lowest BCUT2D eigenvalue weighted by Crippen LogP contribution is -2.38.